The third-order valence-electron chi connectivity index (χ3n) is 3.08. The Hall–Kier alpha value is -0.500. The maximum Gasteiger partial charge on any atom is 0.110 e. The molecule has 0 aromatic rings. The van der Waals surface area contributed by atoms with E-state index in [1.807, 2.05) is 6.26 Å². The fourth-order valence-electron chi connectivity index (χ4n) is 1.85. The summed E-state index contributed by atoms with van der Waals surface area (Å²) in [4.78, 5) is 0. The second-order valence-electron chi connectivity index (χ2n) is 4.34. The van der Waals surface area contributed by atoms with E-state index in [0.717, 1.165) is 18.4 Å². The molecule has 13 heavy (non-hydrogen) atoms. The molecule has 1 N–H and O–H groups in total. The zero-order valence-corrected chi connectivity index (χ0v) is 8.33. The van der Waals surface area contributed by atoms with Gasteiger partial charge in [-0.25, -0.2) is 0 Å². The highest BCUT2D eigenvalue weighted by Gasteiger charge is 2.31. The Labute approximate surface area is 80.4 Å². The van der Waals surface area contributed by atoms with Gasteiger partial charge in [0.15, 0.2) is 0 Å². The first-order valence-electron chi connectivity index (χ1n) is 5.37. The molecular weight excluding hydrogens is 162 g/mol. The minimum atomic E-state index is 0.416. The van der Waals surface area contributed by atoms with E-state index in [9.17, 15) is 0 Å². The van der Waals surface area contributed by atoms with Gasteiger partial charge in [-0.2, -0.15) is 0 Å². The Bertz CT molecular complexity index is 191. The summed E-state index contributed by atoms with van der Waals surface area (Å²) in [5.41, 5.74) is 0. The van der Waals surface area contributed by atoms with Crippen molar-refractivity contribution in [2.24, 2.45) is 11.8 Å². The fourth-order valence-corrected chi connectivity index (χ4v) is 1.85. The molecule has 1 heterocycles. The molecule has 0 spiro atoms. The lowest BCUT2D eigenvalue weighted by molar-refractivity contribution is 0.122. The molecule has 0 aromatic carbocycles. The van der Waals surface area contributed by atoms with Gasteiger partial charge < -0.3 is 10.1 Å². The Morgan fingerprint density at radius 2 is 2.31 bits per heavy atom. The van der Waals surface area contributed by atoms with Crippen molar-refractivity contribution >= 4 is 0 Å². The predicted octanol–water partition coefficient (Wildman–Crippen LogP) is 1.92. The number of hydrogen-bond acceptors (Lipinski definition) is 2. The van der Waals surface area contributed by atoms with Gasteiger partial charge in [-0.1, -0.05) is 6.92 Å². The number of hydrogen-bond donors (Lipinski definition) is 1. The Morgan fingerprint density at radius 3 is 2.92 bits per heavy atom. The highest BCUT2D eigenvalue weighted by Crippen LogP contribution is 2.36. The largest absolute Gasteiger partial charge is 0.497 e. The summed E-state index contributed by atoms with van der Waals surface area (Å²) in [6.45, 7) is 4.53. The van der Waals surface area contributed by atoms with Crippen LogP contribution in [-0.4, -0.2) is 19.2 Å². The third kappa shape index (κ3) is 2.73. The summed E-state index contributed by atoms with van der Waals surface area (Å²) in [5.74, 6) is 1.90. The third-order valence-corrected chi connectivity index (χ3v) is 3.08. The Kier molecular flexibility index (Phi) is 2.89. The molecule has 0 amide bonds. The van der Waals surface area contributed by atoms with Gasteiger partial charge in [-0.15, -0.1) is 0 Å². The van der Waals surface area contributed by atoms with Crippen LogP contribution >= 0.6 is 0 Å². The van der Waals surface area contributed by atoms with Crippen molar-refractivity contribution in [3.8, 4) is 0 Å². The van der Waals surface area contributed by atoms with Crippen LogP contribution in [0.15, 0.2) is 12.3 Å². The standard InChI is InChI=1S/C11H19NO/c1-9-6-10(9)7-12-8-11-4-2-3-5-13-11/h3,5,9-12H,2,4,6-8H2,1H3. The van der Waals surface area contributed by atoms with E-state index in [2.05, 4.69) is 18.3 Å². The fraction of sp³-hybridized carbons (Fsp3) is 0.818. The molecule has 1 saturated carbocycles. The Morgan fingerprint density at radius 1 is 1.46 bits per heavy atom. The second-order valence-corrected chi connectivity index (χ2v) is 4.34. The molecule has 0 radical (unpaired) electrons. The maximum atomic E-state index is 5.46. The quantitative estimate of drug-likeness (QED) is 0.715. The highest BCUT2D eigenvalue weighted by atomic mass is 16.5. The summed E-state index contributed by atoms with van der Waals surface area (Å²) < 4.78 is 5.46. The normalized spacial score (nSPS) is 37.2. The monoisotopic (exact) mass is 181 g/mol. The first-order chi connectivity index (χ1) is 6.36. The van der Waals surface area contributed by atoms with Gasteiger partial charge in [0.05, 0.1) is 6.26 Å². The van der Waals surface area contributed by atoms with E-state index in [0.29, 0.717) is 6.10 Å². The molecule has 0 aromatic heterocycles. The first kappa shape index (κ1) is 9.07. The van der Waals surface area contributed by atoms with Crippen molar-refractivity contribution in [1.82, 2.24) is 5.32 Å². The molecule has 0 bridgehead atoms. The van der Waals surface area contributed by atoms with Crippen LogP contribution in [0.1, 0.15) is 26.2 Å². The van der Waals surface area contributed by atoms with Crippen LogP contribution in [0.4, 0.5) is 0 Å². The van der Waals surface area contributed by atoms with Gasteiger partial charge in [0.25, 0.3) is 0 Å². The average molecular weight is 181 g/mol. The predicted molar refractivity (Wildman–Crippen MR) is 53.4 cm³/mol. The van der Waals surface area contributed by atoms with Crippen LogP contribution < -0.4 is 5.32 Å². The van der Waals surface area contributed by atoms with E-state index in [1.165, 1.54) is 25.8 Å². The summed E-state index contributed by atoms with van der Waals surface area (Å²) >= 11 is 0. The van der Waals surface area contributed by atoms with Crippen molar-refractivity contribution in [3.63, 3.8) is 0 Å². The maximum absolute atomic E-state index is 5.46. The van der Waals surface area contributed by atoms with Gasteiger partial charge in [-0.05, 0) is 43.7 Å². The minimum Gasteiger partial charge on any atom is -0.497 e. The Balaban J connectivity index is 1.54. The number of ether oxygens (including phenoxy) is 1. The topological polar surface area (TPSA) is 21.3 Å². The van der Waals surface area contributed by atoms with Gasteiger partial charge in [0.2, 0.25) is 0 Å². The number of rotatable bonds is 4. The zero-order chi connectivity index (χ0) is 9.10. The van der Waals surface area contributed by atoms with E-state index in [1.54, 1.807) is 0 Å². The molecule has 1 aliphatic carbocycles. The SMILES string of the molecule is CC1CC1CNCC1CCC=CO1. The van der Waals surface area contributed by atoms with Crippen LogP contribution in [-0.2, 0) is 4.74 Å². The van der Waals surface area contributed by atoms with Crippen molar-refractivity contribution in [2.75, 3.05) is 13.1 Å². The second kappa shape index (κ2) is 4.14. The van der Waals surface area contributed by atoms with E-state index >= 15 is 0 Å². The van der Waals surface area contributed by atoms with Crippen LogP contribution in [0.5, 0.6) is 0 Å². The smallest absolute Gasteiger partial charge is 0.110 e. The molecule has 2 heteroatoms. The number of allylic oxidation sites excluding steroid dienone is 1. The van der Waals surface area contributed by atoms with Crippen LogP contribution in [0.2, 0.25) is 0 Å². The lowest BCUT2D eigenvalue weighted by Crippen LogP contribution is -2.30. The lowest BCUT2D eigenvalue weighted by atomic mass is 10.1. The van der Waals surface area contributed by atoms with Crippen molar-refractivity contribution in [1.29, 1.82) is 0 Å². The van der Waals surface area contributed by atoms with Crippen LogP contribution in [0, 0.1) is 11.8 Å². The minimum absolute atomic E-state index is 0.416. The van der Waals surface area contributed by atoms with Crippen LogP contribution in [0.3, 0.4) is 0 Å². The van der Waals surface area contributed by atoms with Crippen LogP contribution in [0.25, 0.3) is 0 Å². The zero-order valence-electron chi connectivity index (χ0n) is 8.33. The van der Waals surface area contributed by atoms with Crippen molar-refractivity contribution < 1.29 is 4.74 Å². The lowest BCUT2D eigenvalue weighted by Gasteiger charge is -2.19. The van der Waals surface area contributed by atoms with Crippen molar-refractivity contribution in [3.05, 3.63) is 12.3 Å². The summed E-state index contributed by atoms with van der Waals surface area (Å²) in [6, 6.07) is 0. The van der Waals surface area contributed by atoms with E-state index in [-0.39, 0.29) is 0 Å². The molecule has 0 saturated heterocycles. The van der Waals surface area contributed by atoms with Gasteiger partial charge in [0.1, 0.15) is 6.10 Å². The molecule has 1 aliphatic heterocycles. The average Bonchev–Trinajstić information content (AvgIpc) is 2.84. The summed E-state index contributed by atoms with van der Waals surface area (Å²) in [7, 11) is 0. The summed E-state index contributed by atoms with van der Waals surface area (Å²) in [6.07, 6.45) is 8.11. The molecule has 3 atom stereocenters. The van der Waals surface area contributed by atoms with Gasteiger partial charge >= 0.3 is 0 Å². The van der Waals surface area contributed by atoms with Gasteiger partial charge in [-0.3, -0.25) is 0 Å². The molecule has 2 rings (SSSR count). The highest BCUT2D eigenvalue weighted by molar-refractivity contribution is 4.86. The van der Waals surface area contributed by atoms with Gasteiger partial charge in [0, 0.05) is 6.54 Å². The van der Waals surface area contributed by atoms with E-state index < -0.39 is 0 Å². The molecule has 2 aliphatic rings. The van der Waals surface area contributed by atoms with E-state index in [4.69, 9.17) is 4.74 Å². The molecular formula is C11H19NO. The number of nitrogens with one attached hydrogen (secondary N) is 1. The van der Waals surface area contributed by atoms with Crippen molar-refractivity contribution in [2.45, 2.75) is 32.3 Å². The molecule has 2 nitrogen and oxygen atoms in total. The molecule has 1 fully saturated rings. The summed E-state index contributed by atoms with van der Waals surface area (Å²) in [5, 5.41) is 3.49. The molecule has 74 valence electrons. The molecule has 3 unspecified atom stereocenters. The first-order valence-corrected chi connectivity index (χ1v) is 5.37.